The third-order valence-corrected chi connectivity index (χ3v) is 3.08. The molecule has 0 N–H and O–H groups in total. The van der Waals surface area contributed by atoms with Crippen LogP contribution in [-0.4, -0.2) is 14.1 Å². The molecule has 1 aliphatic rings. The highest BCUT2D eigenvalue weighted by Crippen LogP contribution is 2.31. The maximum atomic E-state index is 11.8. The van der Waals surface area contributed by atoms with Crippen LogP contribution in [0.25, 0.3) is 0 Å². The van der Waals surface area contributed by atoms with Gasteiger partial charge in [-0.2, -0.15) is 0 Å². The van der Waals surface area contributed by atoms with Gasteiger partial charge in [-0.15, -0.1) is 0 Å². The van der Waals surface area contributed by atoms with Crippen molar-refractivity contribution in [1.82, 2.24) is 0 Å². The summed E-state index contributed by atoms with van der Waals surface area (Å²) in [6.07, 6.45) is 3.78. The van der Waals surface area contributed by atoms with Crippen molar-refractivity contribution < 1.29 is 9.22 Å². The lowest BCUT2D eigenvalue weighted by Gasteiger charge is -2.28. The lowest BCUT2D eigenvalue weighted by molar-refractivity contribution is -0.121. The summed E-state index contributed by atoms with van der Waals surface area (Å²) in [5, 5.41) is 0. The molecule has 0 fully saturated rings. The average Bonchev–Trinajstić information content (AvgIpc) is 1.95. The van der Waals surface area contributed by atoms with Gasteiger partial charge in [-0.1, -0.05) is 0 Å². The second-order valence-corrected chi connectivity index (χ2v) is 10.1. The second-order valence-electron chi connectivity index (χ2n) is 5.64. The van der Waals surface area contributed by atoms with Crippen LogP contribution in [0.15, 0.2) is 23.5 Å². The molecule has 0 atom stereocenters. The Morgan fingerprint density at radius 2 is 1.80 bits per heavy atom. The van der Waals surface area contributed by atoms with Crippen LogP contribution in [-0.2, 0) is 9.22 Å². The molecule has 0 aromatic heterocycles. The molecule has 0 heterocycles. The topological polar surface area (TPSA) is 26.3 Å². The molecule has 0 amide bonds. The summed E-state index contributed by atoms with van der Waals surface area (Å²) in [6.45, 7) is 12.1. The summed E-state index contributed by atoms with van der Waals surface area (Å²) in [6, 6.07) is 0. The highest BCUT2D eigenvalue weighted by Gasteiger charge is 2.31. The SMILES string of the molecule is CC1=CC(O[Si](C)(C)C)=CC(C)(C)C1=O. The van der Waals surface area contributed by atoms with E-state index >= 15 is 0 Å². The molecule has 84 valence electrons. The zero-order chi connectivity index (χ0) is 11.9. The van der Waals surface area contributed by atoms with Crippen molar-refractivity contribution in [2.45, 2.75) is 40.4 Å². The number of carbonyl (C=O) groups excluding carboxylic acids is 1. The number of Topliss-reactive ketones (excluding diaryl/α,β-unsaturated/α-hetero) is 1. The Morgan fingerprint density at radius 1 is 1.27 bits per heavy atom. The molecular weight excluding hydrogens is 204 g/mol. The predicted octanol–water partition coefficient (Wildman–Crippen LogP) is 3.28. The van der Waals surface area contributed by atoms with E-state index in [1.54, 1.807) is 0 Å². The fraction of sp³-hybridized carbons (Fsp3) is 0.583. The molecular formula is C12H20O2Si. The summed E-state index contributed by atoms with van der Waals surface area (Å²) in [5.74, 6) is 1.04. The molecule has 1 aliphatic carbocycles. The van der Waals surface area contributed by atoms with Gasteiger partial charge in [-0.05, 0) is 58.1 Å². The molecule has 0 saturated carbocycles. The molecule has 0 unspecified atom stereocenters. The summed E-state index contributed by atoms with van der Waals surface area (Å²) in [4.78, 5) is 11.8. The van der Waals surface area contributed by atoms with Gasteiger partial charge < -0.3 is 4.43 Å². The summed E-state index contributed by atoms with van der Waals surface area (Å²) in [5.41, 5.74) is 0.365. The van der Waals surface area contributed by atoms with Crippen LogP contribution in [0, 0.1) is 5.41 Å². The number of hydrogen-bond acceptors (Lipinski definition) is 2. The average molecular weight is 224 g/mol. The van der Waals surface area contributed by atoms with E-state index < -0.39 is 13.7 Å². The zero-order valence-corrected chi connectivity index (χ0v) is 11.5. The predicted molar refractivity (Wildman–Crippen MR) is 65.1 cm³/mol. The van der Waals surface area contributed by atoms with Gasteiger partial charge in [-0.25, -0.2) is 0 Å². The number of ketones is 1. The third kappa shape index (κ3) is 3.06. The molecule has 0 aromatic rings. The molecule has 3 heteroatoms. The van der Waals surface area contributed by atoms with Crippen LogP contribution in [0.2, 0.25) is 19.6 Å². The Bertz CT molecular complexity index is 343. The van der Waals surface area contributed by atoms with E-state index in [9.17, 15) is 4.79 Å². The molecule has 1 rings (SSSR count). The van der Waals surface area contributed by atoms with Gasteiger partial charge in [0.2, 0.25) is 8.32 Å². The molecule has 2 nitrogen and oxygen atoms in total. The summed E-state index contributed by atoms with van der Waals surface area (Å²) >= 11 is 0. The molecule has 0 radical (unpaired) electrons. The first-order valence-electron chi connectivity index (χ1n) is 5.27. The van der Waals surface area contributed by atoms with Gasteiger partial charge in [0.05, 0.1) is 0 Å². The smallest absolute Gasteiger partial charge is 0.242 e. The minimum atomic E-state index is -1.58. The minimum absolute atomic E-state index is 0.186. The Kier molecular flexibility index (Phi) is 2.96. The fourth-order valence-electron chi connectivity index (χ4n) is 1.66. The number of hydrogen-bond donors (Lipinski definition) is 0. The van der Waals surface area contributed by atoms with Gasteiger partial charge in [0.25, 0.3) is 0 Å². The first kappa shape index (κ1) is 12.2. The van der Waals surface area contributed by atoms with Gasteiger partial charge in [0.15, 0.2) is 5.78 Å². The lowest BCUT2D eigenvalue weighted by Crippen LogP contribution is -2.30. The van der Waals surface area contributed by atoms with Crippen molar-refractivity contribution in [2.24, 2.45) is 5.41 Å². The van der Waals surface area contributed by atoms with Crippen LogP contribution < -0.4 is 0 Å². The third-order valence-electron chi connectivity index (χ3n) is 2.23. The Labute approximate surface area is 93.1 Å². The van der Waals surface area contributed by atoms with Crippen LogP contribution in [0.5, 0.6) is 0 Å². The zero-order valence-electron chi connectivity index (χ0n) is 10.5. The van der Waals surface area contributed by atoms with Crippen molar-refractivity contribution in [1.29, 1.82) is 0 Å². The first-order chi connectivity index (χ1) is 6.62. The fourth-order valence-corrected chi connectivity index (χ4v) is 2.49. The van der Waals surface area contributed by atoms with E-state index in [0.717, 1.165) is 11.3 Å². The first-order valence-corrected chi connectivity index (χ1v) is 8.68. The van der Waals surface area contributed by atoms with Gasteiger partial charge in [-0.3, -0.25) is 4.79 Å². The van der Waals surface area contributed by atoms with Crippen LogP contribution in [0.3, 0.4) is 0 Å². The number of carbonyl (C=O) groups is 1. The maximum absolute atomic E-state index is 11.8. The van der Waals surface area contributed by atoms with Crippen molar-refractivity contribution in [2.75, 3.05) is 0 Å². The van der Waals surface area contributed by atoms with Crippen molar-refractivity contribution >= 4 is 14.1 Å². The Hall–Kier alpha value is -0.833. The van der Waals surface area contributed by atoms with E-state index in [0.29, 0.717) is 0 Å². The Morgan fingerprint density at radius 3 is 2.20 bits per heavy atom. The highest BCUT2D eigenvalue weighted by molar-refractivity contribution is 6.70. The van der Waals surface area contributed by atoms with E-state index in [2.05, 4.69) is 19.6 Å². The largest absolute Gasteiger partial charge is 0.544 e. The lowest BCUT2D eigenvalue weighted by atomic mass is 9.81. The minimum Gasteiger partial charge on any atom is -0.544 e. The number of rotatable bonds is 2. The molecule has 0 bridgehead atoms. The quantitative estimate of drug-likeness (QED) is 0.673. The molecule has 0 saturated heterocycles. The van der Waals surface area contributed by atoms with E-state index in [1.807, 2.05) is 32.9 Å². The van der Waals surface area contributed by atoms with Gasteiger partial charge in [0, 0.05) is 5.41 Å². The van der Waals surface area contributed by atoms with Gasteiger partial charge in [0.1, 0.15) is 5.76 Å². The van der Waals surface area contributed by atoms with E-state index in [-0.39, 0.29) is 5.78 Å². The van der Waals surface area contributed by atoms with Crippen molar-refractivity contribution in [3.8, 4) is 0 Å². The van der Waals surface area contributed by atoms with Crippen molar-refractivity contribution in [3.63, 3.8) is 0 Å². The number of allylic oxidation sites excluding steroid dienone is 3. The van der Waals surface area contributed by atoms with Crippen LogP contribution in [0.1, 0.15) is 20.8 Å². The molecule has 0 spiro atoms. The monoisotopic (exact) mass is 224 g/mol. The normalized spacial score (nSPS) is 20.8. The highest BCUT2D eigenvalue weighted by atomic mass is 28.4. The van der Waals surface area contributed by atoms with Crippen molar-refractivity contribution in [3.05, 3.63) is 23.5 Å². The molecule has 0 aromatic carbocycles. The summed E-state index contributed by atoms with van der Waals surface area (Å²) < 4.78 is 5.90. The Balaban J connectivity index is 2.98. The second kappa shape index (κ2) is 3.63. The summed E-state index contributed by atoms with van der Waals surface area (Å²) in [7, 11) is -1.58. The van der Waals surface area contributed by atoms with Gasteiger partial charge >= 0.3 is 0 Å². The molecule has 0 aliphatic heterocycles. The van der Waals surface area contributed by atoms with Crippen LogP contribution in [0.4, 0.5) is 0 Å². The van der Waals surface area contributed by atoms with E-state index in [4.69, 9.17) is 4.43 Å². The van der Waals surface area contributed by atoms with Crippen LogP contribution >= 0.6 is 0 Å². The molecule has 15 heavy (non-hydrogen) atoms. The standard InChI is InChI=1S/C12H20O2Si/c1-9-7-10(14-15(4,5)6)8-12(2,3)11(9)13/h7-8H,1-6H3. The van der Waals surface area contributed by atoms with E-state index in [1.165, 1.54) is 0 Å². The maximum Gasteiger partial charge on any atom is 0.242 e.